The summed E-state index contributed by atoms with van der Waals surface area (Å²) in [6.45, 7) is 0. The maximum absolute atomic E-state index is 3.71. The Bertz CT molecular complexity index is 542. The first-order valence-corrected chi connectivity index (χ1v) is 10.0. The van der Waals surface area contributed by atoms with Crippen LogP contribution in [0.4, 0.5) is 0 Å². The van der Waals surface area contributed by atoms with Crippen LogP contribution in [0.3, 0.4) is 0 Å². The molecule has 0 radical (unpaired) electrons. The second-order valence-corrected chi connectivity index (χ2v) is 7.81. The van der Waals surface area contributed by atoms with Crippen LogP contribution in [0.15, 0.2) is 57.5 Å². The summed E-state index contributed by atoms with van der Waals surface area (Å²) >= 11 is 14.4. The maximum Gasteiger partial charge on any atom is 0.0187 e. The number of hydrogen-bond acceptors (Lipinski definition) is 0. The van der Waals surface area contributed by atoms with E-state index in [1.807, 2.05) is 0 Å². The molecule has 0 aliphatic rings. The quantitative estimate of drug-likeness (QED) is 0.392. The molecule has 0 fully saturated rings. The molecule has 0 unspecified atom stereocenters. The molecule has 0 aliphatic heterocycles. The highest BCUT2D eigenvalue weighted by Gasteiger charge is 2.30. The van der Waals surface area contributed by atoms with Gasteiger partial charge in [-0.05, 0) is 41.8 Å². The normalized spacial score (nSPS) is 11.6. The first kappa shape index (κ1) is 16.7. The third-order valence-corrected chi connectivity index (χ3v) is 6.63. The van der Waals surface area contributed by atoms with Crippen molar-refractivity contribution in [3.63, 3.8) is 0 Å². The fraction of sp³-hybridized carbons (Fsp3) is 0.250. The van der Waals surface area contributed by atoms with Crippen molar-refractivity contribution in [2.75, 3.05) is 10.7 Å². The van der Waals surface area contributed by atoms with Gasteiger partial charge in [0.1, 0.15) is 0 Å². The van der Waals surface area contributed by atoms with Gasteiger partial charge < -0.3 is 0 Å². The standard InChI is InChI=1S/C16H14Br4/c17-10-16(11-18,13-3-7-15(20)8-4-13)9-12-1-5-14(19)6-2-12/h1-8H,9-11H2. The molecule has 0 atom stereocenters. The van der Waals surface area contributed by atoms with Crippen LogP contribution < -0.4 is 0 Å². The topological polar surface area (TPSA) is 0 Å². The van der Waals surface area contributed by atoms with Crippen LogP contribution in [0.5, 0.6) is 0 Å². The van der Waals surface area contributed by atoms with Crippen LogP contribution in [0.1, 0.15) is 11.1 Å². The molecule has 2 rings (SSSR count). The minimum Gasteiger partial charge on any atom is -0.0918 e. The van der Waals surface area contributed by atoms with Gasteiger partial charge >= 0.3 is 0 Å². The van der Waals surface area contributed by atoms with Crippen molar-refractivity contribution in [1.82, 2.24) is 0 Å². The van der Waals surface area contributed by atoms with Gasteiger partial charge in [0.25, 0.3) is 0 Å². The van der Waals surface area contributed by atoms with E-state index in [0.29, 0.717) is 0 Å². The molecule has 2 aromatic rings. The molecule has 0 aromatic heterocycles. The monoisotopic (exact) mass is 522 g/mol. The van der Waals surface area contributed by atoms with Gasteiger partial charge in [0.15, 0.2) is 0 Å². The maximum atomic E-state index is 3.71. The zero-order chi connectivity index (χ0) is 14.6. The van der Waals surface area contributed by atoms with Gasteiger partial charge in [-0.3, -0.25) is 0 Å². The number of halogens is 4. The third kappa shape index (κ3) is 3.96. The lowest BCUT2D eigenvalue weighted by Gasteiger charge is -2.31. The molecule has 0 nitrogen and oxygen atoms in total. The predicted octanol–water partition coefficient (Wildman–Crippen LogP) is 6.48. The van der Waals surface area contributed by atoms with Gasteiger partial charge in [-0.25, -0.2) is 0 Å². The second-order valence-electron chi connectivity index (χ2n) is 4.86. The molecular weight excluding hydrogens is 512 g/mol. The van der Waals surface area contributed by atoms with Gasteiger partial charge in [-0.1, -0.05) is 88.0 Å². The van der Waals surface area contributed by atoms with E-state index >= 15 is 0 Å². The fourth-order valence-corrected chi connectivity index (χ4v) is 4.68. The van der Waals surface area contributed by atoms with E-state index in [4.69, 9.17) is 0 Å². The van der Waals surface area contributed by atoms with E-state index in [1.165, 1.54) is 11.1 Å². The SMILES string of the molecule is BrCC(CBr)(Cc1ccc(Br)cc1)c1ccc(Br)cc1. The van der Waals surface area contributed by atoms with E-state index in [0.717, 1.165) is 26.0 Å². The Kier molecular flexibility index (Phi) is 6.33. The Hall–Kier alpha value is 0.360. The molecule has 20 heavy (non-hydrogen) atoms. The van der Waals surface area contributed by atoms with Crippen molar-refractivity contribution in [2.45, 2.75) is 11.8 Å². The van der Waals surface area contributed by atoms with Crippen LogP contribution in [0, 0.1) is 0 Å². The summed E-state index contributed by atoms with van der Waals surface area (Å²) in [5, 5.41) is 1.84. The largest absolute Gasteiger partial charge is 0.0918 e. The number of alkyl halides is 2. The Morgan fingerprint density at radius 3 is 1.60 bits per heavy atom. The van der Waals surface area contributed by atoms with Crippen LogP contribution in [0.2, 0.25) is 0 Å². The van der Waals surface area contributed by atoms with Crippen molar-refractivity contribution >= 4 is 63.7 Å². The lowest BCUT2D eigenvalue weighted by molar-refractivity contribution is 0.551. The highest BCUT2D eigenvalue weighted by molar-refractivity contribution is 9.11. The van der Waals surface area contributed by atoms with Crippen LogP contribution in [-0.2, 0) is 11.8 Å². The van der Waals surface area contributed by atoms with E-state index in [2.05, 4.69) is 112 Å². The summed E-state index contributed by atoms with van der Waals surface area (Å²) in [5.41, 5.74) is 2.75. The minimum atomic E-state index is 0.0640. The first-order chi connectivity index (χ1) is 9.59. The van der Waals surface area contributed by atoms with E-state index in [9.17, 15) is 0 Å². The first-order valence-electron chi connectivity index (χ1n) is 6.22. The molecule has 0 saturated carbocycles. The highest BCUT2D eigenvalue weighted by atomic mass is 79.9. The molecule has 4 heteroatoms. The Morgan fingerprint density at radius 1 is 0.700 bits per heavy atom. The average molecular weight is 526 g/mol. The van der Waals surface area contributed by atoms with Gasteiger partial charge in [-0.2, -0.15) is 0 Å². The summed E-state index contributed by atoms with van der Waals surface area (Å²) in [5.74, 6) is 0. The Balaban J connectivity index is 2.33. The third-order valence-electron chi connectivity index (χ3n) is 3.42. The lowest BCUT2D eigenvalue weighted by Crippen LogP contribution is -2.32. The predicted molar refractivity (Wildman–Crippen MR) is 101 cm³/mol. The van der Waals surface area contributed by atoms with Gasteiger partial charge in [-0.15, -0.1) is 0 Å². The summed E-state index contributed by atoms with van der Waals surface area (Å²) in [7, 11) is 0. The highest BCUT2D eigenvalue weighted by Crippen LogP contribution is 2.33. The number of rotatable bonds is 5. The molecule has 0 aliphatic carbocycles. The summed E-state index contributed by atoms with van der Waals surface area (Å²) < 4.78 is 2.23. The van der Waals surface area contributed by atoms with Crippen molar-refractivity contribution in [3.05, 3.63) is 68.6 Å². The molecule has 0 heterocycles. The minimum absolute atomic E-state index is 0.0640. The zero-order valence-corrected chi connectivity index (χ0v) is 17.1. The summed E-state index contributed by atoms with van der Waals surface area (Å²) in [6, 6.07) is 17.2. The van der Waals surface area contributed by atoms with Crippen molar-refractivity contribution in [1.29, 1.82) is 0 Å². The molecule has 2 aromatic carbocycles. The molecule has 106 valence electrons. The van der Waals surface area contributed by atoms with E-state index in [-0.39, 0.29) is 5.41 Å². The average Bonchev–Trinajstić information content (AvgIpc) is 2.48. The molecule has 0 spiro atoms. The van der Waals surface area contributed by atoms with E-state index < -0.39 is 0 Å². The summed E-state index contributed by atoms with van der Waals surface area (Å²) in [4.78, 5) is 0. The zero-order valence-electron chi connectivity index (χ0n) is 10.8. The molecule has 0 bridgehead atoms. The lowest BCUT2D eigenvalue weighted by atomic mass is 9.79. The molecular formula is C16H14Br4. The van der Waals surface area contributed by atoms with Crippen LogP contribution in [-0.4, -0.2) is 10.7 Å². The molecule has 0 saturated heterocycles. The van der Waals surface area contributed by atoms with Crippen molar-refractivity contribution in [3.8, 4) is 0 Å². The van der Waals surface area contributed by atoms with Crippen molar-refractivity contribution < 1.29 is 0 Å². The Labute approximate surface area is 153 Å². The number of benzene rings is 2. The second kappa shape index (κ2) is 7.57. The van der Waals surface area contributed by atoms with Gasteiger partial charge in [0.2, 0.25) is 0 Å². The smallest absolute Gasteiger partial charge is 0.0187 e. The Morgan fingerprint density at radius 2 is 1.15 bits per heavy atom. The van der Waals surface area contributed by atoms with Gasteiger partial charge in [0.05, 0.1) is 0 Å². The fourth-order valence-electron chi connectivity index (χ4n) is 2.18. The summed E-state index contributed by atoms with van der Waals surface area (Å²) in [6.07, 6.45) is 0.998. The van der Waals surface area contributed by atoms with Crippen LogP contribution in [0.25, 0.3) is 0 Å². The van der Waals surface area contributed by atoms with E-state index in [1.54, 1.807) is 0 Å². The molecule has 0 amide bonds. The molecule has 0 N–H and O–H groups in total. The van der Waals surface area contributed by atoms with Crippen LogP contribution >= 0.6 is 63.7 Å². The number of hydrogen-bond donors (Lipinski definition) is 0. The van der Waals surface area contributed by atoms with Crippen molar-refractivity contribution in [2.24, 2.45) is 0 Å². The van der Waals surface area contributed by atoms with Gasteiger partial charge in [0, 0.05) is 25.0 Å².